The van der Waals surface area contributed by atoms with E-state index in [2.05, 4.69) is 14.6 Å². The number of fused-ring (bicyclic) bond motifs is 2. The quantitative estimate of drug-likeness (QED) is 0.145. The number of nitrogens with zero attached hydrogens (tertiary/aromatic N) is 3. The Kier molecular flexibility index (Phi) is 11.5. The molecule has 3 heterocycles. The van der Waals surface area contributed by atoms with Crippen molar-refractivity contribution < 1.29 is 76.8 Å². The number of nitrogens with one attached hydrogen (secondary N) is 1. The molecule has 16 heteroatoms. The minimum Gasteiger partial charge on any atom is -1.00 e. The monoisotopic (exact) mass is 664 g/mol. The number of hydroxylamine groups is 2. The van der Waals surface area contributed by atoms with Crippen LogP contribution in [0.3, 0.4) is 0 Å². The van der Waals surface area contributed by atoms with E-state index < -0.39 is 34.4 Å². The third kappa shape index (κ3) is 8.48. The number of aromatic nitrogens is 1. The van der Waals surface area contributed by atoms with Gasteiger partial charge in [0.2, 0.25) is 5.91 Å². The first-order valence-electron chi connectivity index (χ1n) is 13.8. The van der Waals surface area contributed by atoms with Crippen LogP contribution in [0.1, 0.15) is 25.2 Å². The minimum atomic E-state index is -4.93. The van der Waals surface area contributed by atoms with Gasteiger partial charge in [-0.1, -0.05) is 30.3 Å². The Morgan fingerprint density at radius 3 is 2.11 bits per heavy atom. The van der Waals surface area contributed by atoms with Crippen LogP contribution in [0.25, 0.3) is 0 Å². The van der Waals surface area contributed by atoms with Gasteiger partial charge in [-0.2, -0.15) is 13.5 Å². The average molecular weight is 665 g/mol. The van der Waals surface area contributed by atoms with Gasteiger partial charge in [-0.05, 0) is 47.9 Å². The molecule has 0 saturated carbocycles. The van der Waals surface area contributed by atoms with Gasteiger partial charge in [0.05, 0.1) is 39.2 Å². The summed E-state index contributed by atoms with van der Waals surface area (Å²) in [6, 6.07) is 13.9. The van der Waals surface area contributed by atoms with Crippen molar-refractivity contribution in [3.05, 3.63) is 89.3 Å². The molecular weight excluding hydrogens is 631 g/mol. The van der Waals surface area contributed by atoms with Crippen LogP contribution in [0.15, 0.2) is 72.4 Å². The third-order valence-corrected chi connectivity index (χ3v) is 7.60. The van der Waals surface area contributed by atoms with Gasteiger partial charge in [0.25, 0.3) is 0 Å². The number of rotatable bonds is 13. The number of amides is 3. The van der Waals surface area contributed by atoms with Gasteiger partial charge in [0, 0.05) is 6.07 Å². The average Bonchev–Trinajstić information content (AvgIpc) is 3.30. The van der Waals surface area contributed by atoms with Crippen molar-refractivity contribution in [3.63, 3.8) is 0 Å². The molecule has 2 aliphatic heterocycles. The molecule has 0 radical (unpaired) electrons. The number of pyridine rings is 1. The van der Waals surface area contributed by atoms with Gasteiger partial charge < -0.3 is 30.6 Å². The molecule has 1 aromatic heterocycles. The van der Waals surface area contributed by atoms with Gasteiger partial charge in [0.15, 0.2) is 11.5 Å². The van der Waals surface area contributed by atoms with Crippen molar-refractivity contribution in [2.45, 2.75) is 38.8 Å². The fourth-order valence-corrected chi connectivity index (χ4v) is 5.21. The van der Waals surface area contributed by atoms with Crippen LogP contribution in [0.4, 0.5) is 4.79 Å². The Morgan fingerprint density at radius 2 is 1.57 bits per heavy atom. The first-order valence-corrected chi connectivity index (χ1v) is 15.1. The molecule has 2 bridgehead atoms. The Balaban J connectivity index is 0.00000300. The van der Waals surface area contributed by atoms with Crippen molar-refractivity contribution >= 4 is 22.3 Å². The fourth-order valence-electron chi connectivity index (χ4n) is 4.84. The minimum absolute atomic E-state index is 0. The van der Waals surface area contributed by atoms with E-state index in [9.17, 15) is 18.0 Å². The van der Waals surface area contributed by atoms with Crippen LogP contribution in [0, 0.1) is 0 Å². The van der Waals surface area contributed by atoms with Gasteiger partial charge >= 0.3 is 46.0 Å². The van der Waals surface area contributed by atoms with Gasteiger partial charge in [-0.15, -0.1) is 4.28 Å². The first-order chi connectivity index (χ1) is 21.5. The maximum Gasteiger partial charge on any atom is 1.00 e. The van der Waals surface area contributed by atoms with E-state index in [1.54, 1.807) is 33.3 Å². The zero-order valence-electron chi connectivity index (χ0n) is 26.7. The zero-order valence-corrected chi connectivity index (χ0v) is 28.5. The van der Waals surface area contributed by atoms with E-state index in [4.69, 9.17) is 23.5 Å². The predicted molar refractivity (Wildman–Crippen MR) is 160 cm³/mol. The molecule has 1 fully saturated rings. The molecule has 3 amide bonds. The van der Waals surface area contributed by atoms with E-state index >= 15 is 0 Å². The largest absolute Gasteiger partial charge is 1.00 e. The van der Waals surface area contributed by atoms with Crippen LogP contribution < -0.4 is 53.8 Å². The number of benzene rings is 2. The summed E-state index contributed by atoms with van der Waals surface area (Å²) in [4.78, 5) is 31.6. The SMILES string of the molecule is COc1ccc(COc2cnc(CNC(=O)C3C=C(C)C4CN3C(=O)N4OS(=O)(=O)O)cc2OCc2ccc(OC)cc2)cc1.[H-].[Na+]. The van der Waals surface area contributed by atoms with Crippen LogP contribution in [-0.2, 0) is 39.2 Å². The fraction of sp³-hybridized carbons (Fsp3) is 0.300. The predicted octanol–water partition coefficient (Wildman–Crippen LogP) is 0.159. The smallest absolute Gasteiger partial charge is 1.00 e. The van der Waals surface area contributed by atoms with Gasteiger partial charge in [0.1, 0.15) is 36.8 Å². The summed E-state index contributed by atoms with van der Waals surface area (Å²) in [5.74, 6) is 1.73. The molecule has 0 aliphatic carbocycles. The number of hydrogen-bond donors (Lipinski definition) is 2. The second-order valence-electron chi connectivity index (χ2n) is 10.2. The Hall–Kier alpha value is -3.86. The molecule has 5 rings (SSSR count). The molecule has 240 valence electrons. The molecule has 2 aliphatic rings. The third-order valence-electron chi connectivity index (χ3n) is 7.25. The summed E-state index contributed by atoms with van der Waals surface area (Å²) in [5, 5.41) is 3.32. The molecule has 2 atom stereocenters. The number of urea groups is 1. The van der Waals surface area contributed by atoms with Crippen LogP contribution in [-0.4, -0.2) is 72.7 Å². The Labute approximate surface area is 289 Å². The van der Waals surface area contributed by atoms with E-state index in [0.717, 1.165) is 27.5 Å². The standard InChI is InChI=1S/C30H32N4O10S.Na.H/c1-19-12-25(33-16-26(19)34(30(33)36)44-45(37,38)39)29(35)32-14-22-13-27(42-17-20-4-8-23(40-2)9-5-20)28(15-31-22)43-18-21-6-10-24(41-3)11-7-21;;/h4-13,15,25-26H,14,16-18H2,1-3H3,(H,32,35)(H,37,38,39);;/q;+1;-1. The van der Waals surface area contributed by atoms with Crippen LogP contribution >= 0.6 is 0 Å². The molecule has 2 unspecified atom stereocenters. The van der Waals surface area contributed by atoms with Gasteiger partial charge in [-0.3, -0.25) is 14.3 Å². The summed E-state index contributed by atoms with van der Waals surface area (Å²) in [6.45, 7) is 2.12. The summed E-state index contributed by atoms with van der Waals surface area (Å²) in [5.41, 5.74) is 2.79. The number of carbonyl (C=O) groups is 2. The summed E-state index contributed by atoms with van der Waals surface area (Å²) >= 11 is 0. The molecule has 46 heavy (non-hydrogen) atoms. The molecule has 2 aromatic carbocycles. The maximum absolute atomic E-state index is 13.2. The van der Waals surface area contributed by atoms with Crippen molar-refractivity contribution in [3.8, 4) is 23.0 Å². The molecule has 3 aromatic rings. The van der Waals surface area contributed by atoms with E-state index in [1.807, 2.05) is 48.5 Å². The number of ether oxygens (including phenoxy) is 4. The molecule has 2 N–H and O–H groups in total. The number of hydrogen-bond acceptors (Lipinski definition) is 10. The number of methoxy groups -OCH3 is 2. The summed E-state index contributed by atoms with van der Waals surface area (Å²) < 4.78 is 58.6. The second kappa shape index (κ2) is 15.2. The van der Waals surface area contributed by atoms with E-state index in [-0.39, 0.29) is 57.3 Å². The van der Waals surface area contributed by atoms with Gasteiger partial charge in [-0.25, -0.2) is 4.79 Å². The van der Waals surface area contributed by atoms with Crippen molar-refractivity contribution in [2.24, 2.45) is 0 Å². The molecule has 1 saturated heterocycles. The molecular formula is C30H33N4NaO10S. The first kappa shape index (κ1) is 35.0. The van der Waals surface area contributed by atoms with Crippen LogP contribution in [0.2, 0.25) is 0 Å². The van der Waals surface area contributed by atoms with Crippen LogP contribution in [0.5, 0.6) is 23.0 Å². The van der Waals surface area contributed by atoms with Crippen molar-refractivity contribution in [2.75, 3.05) is 20.8 Å². The number of carbonyl (C=O) groups excluding carboxylic acids is 2. The van der Waals surface area contributed by atoms with Crippen molar-refractivity contribution in [1.29, 1.82) is 0 Å². The normalized spacial score (nSPS) is 17.1. The maximum atomic E-state index is 13.2. The summed E-state index contributed by atoms with van der Waals surface area (Å²) in [7, 11) is -1.75. The Morgan fingerprint density at radius 1 is 1.00 bits per heavy atom. The summed E-state index contributed by atoms with van der Waals surface area (Å²) in [6.07, 6.45) is 3.06. The molecule has 0 spiro atoms. The van der Waals surface area contributed by atoms with E-state index in [0.29, 0.717) is 27.8 Å². The molecule has 14 nitrogen and oxygen atoms in total. The van der Waals surface area contributed by atoms with Crippen molar-refractivity contribution in [1.82, 2.24) is 20.3 Å². The Bertz CT molecular complexity index is 1690. The topological polar surface area (TPSA) is 166 Å². The zero-order chi connectivity index (χ0) is 32.1. The second-order valence-corrected chi connectivity index (χ2v) is 11.3. The van der Waals surface area contributed by atoms with E-state index in [1.165, 1.54) is 6.20 Å².